The Morgan fingerprint density at radius 3 is 2.32 bits per heavy atom. The van der Waals surface area contributed by atoms with Gasteiger partial charge >= 0.3 is 0 Å². The van der Waals surface area contributed by atoms with Gasteiger partial charge in [0.2, 0.25) is 11.8 Å². The highest BCUT2D eigenvalue weighted by Crippen LogP contribution is 2.25. The molecule has 0 spiro atoms. The monoisotopic (exact) mass is 480 g/mol. The summed E-state index contributed by atoms with van der Waals surface area (Å²) >= 11 is 13.5. The van der Waals surface area contributed by atoms with Crippen LogP contribution in [0.4, 0.5) is 0 Å². The maximum atomic E-state index is 13.1. The van der Waals surface area contributed by atoms with Crippen LogP contribution >= 0.6 is 35.0 Å². The zero-order valence-corrected chi connectivity index (χ0v) is 20.8. The molecule has 0 bridgehead atoms. The van der Waals surface area contributed by atoms with Gasteiger partial charge < -0.3 is 10.2 Å². The van der Waals surface area contributed by atoms with E-state index in [4.69, 9.17) is 23.2 Å². The van der Waals surface area contributed by atoms with Crippen molar-refractivity contribution in [3.05, 3.63) is 69.7 Å². The van der Waals surface area contributed by atoms with Gasteiger partial charge in [-0.05, 0) is 57.4 Å². The fourth-order valence-corrected chi connectivity index (χ4v) is 4.19. The Bertz CT molecular complexity index is 885. The fraction of sp³-hybridized carbons (Fsp3) is 0.417. The van der Waals surface area contributed by atoms with E-state index in [2.05, 4.69) is 5.32 Å². The highest BCUT2D eigenvalue weighted by molar-refractivity contribution is 7.99. The van der Waals surface area contributed by atoms with Gasteiger partial charge in [-0.25, -0.2) is 0 Å². The van der Waals surface area contributed by atoms with Crippen molar-refractivity contribution >= 4 is 46.8 Å². The molecule has 31 heavy (non-hydrogen) atoms. The Morgan fingerprint density at radius 2 is 1.71 bits per heavy atom. The second kappa shape index (κ2) is 11.8. The molecule has 0 radical (unpaired) electrons. The number of carbonyl (C=O) groups excluding carboxylic acids is 2. The van der Waals surface area contributed by atoms with Crippen molar-refractivity contribution in [2.75, 3.05) is 12.3 Å². The number of carbonyl (C=O) groups is 2. The summed E-state index contributed by atoms with van der Waals surface area (Å²) in [6.45, 7) is 8.06. The Hall–Kier alpha value is -1.69. The standard InChI is InChI=1S/C24H30Cl2N2O2S/c1-17(23(30)27-24(2,3)4)28(13-12-18-8-6-5-7-9-18)22(29)16-31-15-19-10-11-20(25)21(26)14-19/h5-11,14,17H,12-13,15-16H2,1-4H3,(H,27,30)/t17-/m0/s1. The van der Waals surface area contributed by atoms with E-state index in [1.54, 1.807) is 17.9 Å². The van der Waals surface area contributed by atoms with Crippen molar-refractivity contribution in [1.82, 2.24) is 10.2 Å². The molecule has 2 aromatic rings. The van der Waals surface area contributed by atoms with Crippen molar-refractivity contribution < 1.29 is 9.59 Å². The number of hydrogen-bond acceptors (Lipinski definition) is 3. The molecule has 0 saturated heterocycles. The summed E-state index contributed by atoms with van der Waals surface area (Å²) in [7, 11) is 0. The third-order valence-electron chi connectivity index (χ3n) is 4.63. The molecule has 7 heteroatoms. The lowest BCUT2D eigenvalue weighted by atomic mass is 10.1. The average molecular weight is 481 g/mol. The summed E-state index contributed by atoms with van der Waals surface area (Å²) in [5.74, 6) is 0.709. The third-order valence-corrected chi connectivity index (χ3v) is 6.36. The molecular formula is C24H30Cl2N2O2S. The van der Waals surface area contributed by atoms with Crippen LogP contribution in [0.1, 0.15) is 38.8 Å². The van der Waals surface area contributed by atoms with Crippen LogP contribution in [0, 0.1) is 0 Å². The van der Waals surface area contributed by atoms with Crippen molar-refractivity contribution in [2.24, 2.45) is 0 Å². The van der Waals surface area contributed by atoms with Gasteiger partial charge in [0.15, 0.2) is 0 Å². The first-order valence-electron chi connectivity index (χ1n) is 10.2. The molecule has 0 saturated carbocycles. The first-order valence-corrected chi connectivity index (χ1v) is 12.1. The minimum absolute atomic E-state index is 0.0578. The second-order valence-electron chi connectivity index (χ2n) is 8.48. The van der Waals surface area contributed by atoms with Crippen molar-refractivity contribution in [3.8, 4) is 0 Å². The van der Waals surface area contributed by atoms with Crippen LogP contribution in [0.3, 0.4) is 0 Å². The molecule has 0 aliphatic rings. The lowest BCUT2D eigenvalue weighted by Gasteiger charge is -2.31. The van der Waals surface area contributed by atoms with E-state index in [0.29, 0.717) is 28.8 Å². The number of amides is 2. The SMILES string of the molecule is C[C@@H](C(=O)NC(C)(C)C)N(CCc1ccccc1)C(=O)CSCc1ccc(Cl)c(Cl)c1. The van der Waals surface area contributed by atoms with Crippen molar-refractivity contribution in [1.29, 1.82) is 0 Å². The van der Waals surface area contributed by atoms with Crippen molar-refractivity contribution in [2.45, 2.75) is 51.4 Å². The largest absolute Gasteiger partial charge is 0.350 e. The lowest BCUT2D eigenvalue weighted by molar-refractivity contribution is -0.138. The predicted octanol–water partition coefficient (Wildman–Crippen LogP) is 5.60. The van der Waals surface area contributed by atoms with Gasteiger partial charge in [-0.3, -0.25) is 9.59 Å². The summed E-state index contributed by atoms with van der Waals surface area (Å²) < 4.78 is 0. The van der Waals surface area contributed by atoms with Gasteiger partial charge in [-0.1, -0.05) is 59.6 Å². The van der Waals surface area contributed by atoms with E-state index in [-0.39, 0.29) is 23.1 Å². The minimum Gasteiger partial charge on any atom is -0.350 e. The first kappa shape index (κ1) is 25.6. The Morgan fingerprint density at radius 1 is 1.03 bits per heavy atom. The Labute approximate surface area is 199 Å². The molecule has 0 aromatic heterocycles. The van der Waals surface area contributed by atoms with E-state index in [0.717, 1.165) is 11.1 Å². The van der Waals surface area contributed by atoms with Gasteiger partial charge in [0.1, 0.15) is 6.04 Å². The van der Waals surface area contributed by atoms with Gasteiger partial charge in [0, 0.05) is 17.8 Å². The van der Waals surface area contributed by atoms with Crippen LogP contribution < -0.4 is 5.32 Å². The quantitative estimate of drug-likeness (QED) is 0.507. The highest BCUT2D eigenvalue weighted by atomic mass is 35.5. The summed E-state index contributed by atoms with van der Waals surface area (Å²) in [6.07, 6.45) is 0.692. The second-order valence-corrected chi connectivity index (χ2v) is 10.3. The van der Waals surface area contributed by atoms with E-state index in [1.165, 1.54) is 11.8 Å². The fourth-order valence-electron chi connectivity index (χ4n) is 3.01. The van der Waals surface area contributed by atoms with Crippen molar-refractivity contribution in [3.63, 3.8) is 0 Å². The smallest absolute Gasteiger partial charge is 0.242 e. The molecule has 1 atom stereocenters. The zero-order valence-electron chi connectivity index (χ0n) is 18.5. The molecular weight excluding hydrogens is 451 g/mol. The van der Waals surface area contributed by atoms with Gasteiger partial charge in [-0.2, -0.15) is 0 Å². The molecule has 0 unspecified atom stereocenters. The molecule has 2 amide bonds. The maximum Gasteiger partial charge on any atom is 0.242 e. The van der Waals surface area contributed by atoms with E-state index >= 15 is 0 Å². The predicted molar refractivity (Wildman–Crippen MR) is 132 cm³/mol. The Kier molecular flexibility index (Phi) is 9.73. The van der Waals surface area contributed by atoms with E-state index in [9.17, 15) is 9.59 Å². The van der Waals surface area contributed by atoms with Crippen LogP contribution in [-0.4, -0.2) is 40.6 Å². The lowest BCUT2D eigenvalue weighted by Crippen LogP contribution is -2.53. The number of hydrogen-bond donors (Lipinski definition) is 1. The molecule has 0 heterocycles. The minimum atomic E-state index is -0.555. The average Bonchev–Trinajstić information content (AvgIpc) is 2.70. The molecule has 4 nitrogen and oxygen atoms in total. The normalized spacial score (nSPS) is 12.3. The van der Waals surface area contributed by atoms with Crippen LogP contribution in [0.2, 0.25) is 10.0 Å². The van der Waals surface area contributed by atoms with Crippen LogP contribution in [0.5, 0.6) is 0 Å². The molecule has 0 aliphatic heterocycles. The Balaban J connectivity index is 2.03. The third kappa shape index (κ3) is 8.76. The molecule has 168 valence electrons. The summed E-state index contributed by atoms with van der Waals surface area (Å²) in [5, 5.41) is 3.99. The van der Waals surface area contributed by atoms with Crippen LogP contribution in [0.15, 0.2) is 48.5 Å². The number of nitrogens with zero attached hydrogens (tertiary/aromatic N) is 1. The summed E-state index contributed by atoms with van der Waals surface area (Å²) in [5.41, 5.74) is 1.77. The van der Waals surface area contributed by atoms with Crippen LogP contribution in [0.25, 0.3) is 0 Å². The maximum absolute atomic E-state index is 13.1. The first-order chi connectivity index (χ1) is 14.6. The number of nitrogens with one attached hydrogen (secondary N) is 1. The highest BCUT2D eigenvalue weighted by Gasteiger charge is 2.27. The van der Waals surface area contributed by atoms with Crippen LogP contribution in [-0.2, 0) is 21.8 Å². The van der Waals surface area contributed by atoms with Gasteiger partial charge in [0.05, 0.1) is 15.8 Å². The zero-order chi connectivity index (χ0) is 23.0. The number of benzene rings is 2. The number of rotatable bonds is 9. The topological polar surface area (TPSA) is 49.4 Å². The molecule has 2 rings (SSSR count). The van der Waals surface area contributed by atoms with Gasteiger partial charge in [0.25, 0.3) is 0 Å². The van der Waals surface area contributed by atoms with E-state index in [1.807, 2.05) is 63.2 Å². The number of thioether (sulfide) groups is 1. The molecule has 1 N–H and O–H groups in total. The summed E-state index contributed by atoms with van der Waals surface area (Å²) in [4.78, 5) is 27.5. The summed E-state index contributed by atoms with van der Waals surface area (Å²) in [6, 6.07) is 14.9. The molecule has 0 fully saturated rings. The van der Waals surface area contributed by atoms with E-state index < -0.39 is 6.04 Å². The molecule has 2 aromatic carbocycles. The van der Waals surface area contributed by atoms with Gasteiger partial charge in [-0.15, -0.1) is 11.8 Å². The molecule has 0 aliphatic carbocycles. The number of halogens is 2.